The molecule has 1 rings (SSSR count). The number of hydrogen-bond donors (Lipinski definition) is 3. The van der Waals surface area contributed by atoms with E-state index in [9.17, 15) is 14.4 Å². The number of carbonyl (C=O) groups is 3. The van der Waals surface area contributed by atoms with Crippen LogP contribution in [0.5, 0.6) is 0 Å². The number of ether oxygens (including phenoxy) is 1. The highest BCUT2D eigenvalue weighted by molar-refractivity contribution is 5.86. The summed E-state index contributed by atoms with van der Waals surface area (Å²) in [5.41, 5.74) is 0. The van der Waals surface area contributed by atoms with Gasteiger partial charge in [0.2, 0.25) is 0 Å². The van der Waals surface area contributed by atoms with Crippen LogP contribution in [0, 0.1) is 5.92 Å². The molecule has 3 N–H and O–H groups in total. The molecule has 0 aromatic rings. The molecule has 2 amide bonds. The first-order valence-electron chi connectivity index (χ1n) is 5.93. The lowest BCUT2D eigenvalue weighted by atomic mass is 10.1. The van der Waals surface area contributed by atoms with Crippen molar-refractivity contribution < 1.29 is 29.3 Å². The first-order valence-corrected chi connectivity index (χ1v) is 5.93. The van der Waals surface area contributed by atoms with Crippen molar-refractivity contribution in [1.29, 1.82) is 0 Å². The average molecular weight is 274 g/mol. The molecule has 1 aliphatic rings. The molecule has 2 atom stereocenters. The van der Waals surface area contributed by atoms with Crippen LogP contribution in [0.4, 0.5) is 4.79 Å². The zero-order valence-electron chi connectivity index (χ0n) is 10.7. The maximum absolute atomic E-state index is 11.8. The minimum Gasteiger partial charge on any atom is -0.481 e. The van der Waals surface area contributed by atoms with Crippen molar-refractivity contribution in [3.05, 3.63) is 0 Å². The van der Waals surface area contributed by atoms with Crippen molar-refractivity contribution in [3.63, 3.8) is 0 Å². The van der Waals surface area contributed by atoms with Gasteiger partial charge >= 0.3 is 18.0 Å². The van der Waals surface area contributed by atoms with Crippen LogP contribution in [0.1, 0.15) is 12.8 Å². The summed E-state index contributed by atoms with van der Waals surface area (Å²) in [6, 6.07) is -1.96. The highest BCUT2D eigenvalue weighted by atomic mass is 16.5. The molecule has 108 valence electrons. The first-order chi connectivity index (χ1) is 8.93. The fourth-order valence-electron chi connectivity index (χ4n) is 2.00. The van der Waals surface area contributed by atoms with E-state index in [2.05, 4.69) is 5.32 Å². The van der Waals surface area contributed by atoms with Gasteiger partial charge in [0.25, 0.3) is 0 Å². The van der Waals surface area contributed by atoms with Gasteiger partial charge in [0.05, 0.1) is 13.0 Å². The molecule has 1 aliphatic heterocycles. The van der Waals surface area contributed by atoms with Gasteiger partial charge in [0.1, 0.15) is 6.04 Å². The largest absolute Gasteiger partial charge is 0.481 e. The molecule has 0 aromatic heterocycles. The van der Waals surface area contributed by atoms with Gasteiger partial charge in [-0.1, -0.05) is 0 Å². The highest BCUT2D eigenvalue weighted by Crippen LogP contribution is 2.16. The van der Waals surface area contributed by atoms with E-state index < -0.39 is 30.4 Å². The Hall–Kier alpha value is -1.83. The van der Waals surface area contributed by atoms with E-state index in [-0.39, 0.29) is 5.92 Å². The summed E-state index contributed by atoms with van der Waals surface area (Å²) in [7, 11) is 1.58. The number of hydrogen-bond acceptors (Lipinski definition) is 4. The molecule has 0 saturated carbocycles. The van der Waals surface area contributed by atoms with Crippen molar-refractivity contribution in [2.75, 3.05) is 26.8 Å². The van der Waals surface area contributed by atoms with E-state index in [1.807, 2.05) is 0 Å². The monoisotopic (exact) mass is 274 g/mol. The second-order valence-electron chi connectivity index (χ2n) is 4.49. The maximum atomic E-state index is 11.8. The van der Waals surface area contributed by atoms with Crippen molar-refractivity contribution >= 4 is 18.0 Å². The maximum Gasteiger partial charge on any atom is 0.326 e. The summed E-state index contributed by atoms with van der Waals surface area (Å²) in [5, 5.41) is 19.6. The summed E-state index contributed by atoms with van der Waals surface area (Å²) in [4.78, 5) is 34.6. The van der Waals surface area contributed by atoms with Crippen molar-refractivity contribution in [1.82, 2.24) is 10.2 Å². The number of likely N-dealkylation sites (tertiary alicyclic amines) is 1. The van der Waals surface area contributed by atoms with E-state index in [1.54, 1.807) is 7.11 Å². The number of urea groups is 1. The molecular weight excluding hydrogens is 256 g/mol. The van der Waals surface area contributed by atoms with E-state index in [1.165, 1.54) is 4.90 Å². The van der Waals surface area contributed by atoms with Crippen LogP contribution in [0.2, 0.25) is 0 Å². The third-order valence-electron chi connectivity index (χ3n) is 2.95. The molecule has 1 fully saturated rings. The van der Waals surface area contributed by atoms with Crippen LogP contribution in [0.15, 0.2) is 0 Å². The zero-order valence-corrected chi connectivity index (χ0v) is 10.7. The van der Waals surface area contributed by atoms with Crippen LogP contribution in [0.25, 0.3) is 0 Å². The Morgan fingerprint density at radius 3 is 2.63 bits per heavy atom. The molecule has 0 bridgehead atoms. The number of nitrogens with zero attached hydrogens (tertiary/aromatic N) is 1. The Morgan fingerprint density at radius 1 is 1.42 bits per heavy atom. The van der Waals surface area contributed by atoms with Gasteiger partial charge in [0, 0.05) is 26.1 Å². The van der Waals surface area contributed by atoms with Gasteiger partial charge in [-0.2, -0.15) is 0 Å². The van der Waals surface area contributed by atoms with Crippen LogP contribution in [-0.2, 0) is 14.3 Å². The molecule has 1 heterocycles. The summed E-state index contributed by atoms with van der Waals surface area (Å²) >= 11 is 0. The number of rotatable bonds is 6. The van der Waals surface area contributed by atoms with E-state index in [4.69, 9.17) is 14.9 Å². The summed E-state index contributed by atoms with van der Waals surface area (Å²) < 4.78 is 5.00. The molecule has 8 nitrogen and oxygen atoms in total. The summed E-state index contributed by atoms with van der Waals surface area (Å²) in [6.07, 6.45) is 0.147. The lowest BCUT2D eigenvalue weighted by molar-refractivity contribution is -0.145. The predicted molar refractivity (Wildman–Crippen MR) is 63.8 cm³/mol. The summed E-state index contributed by atoms with van der Waals surface area (Å²) in [6.45, 7) is 1.54. The molecule has 19 heavy (non-hydrogen) atoms. The van der Waals surface area contributed by atoms with Gasteiger partial charge < -0.3 is 25.2 Å². The minimum absolute atomic E-state index is 0.235. The first kappa shape index (κ1) is 15.2. The van der Waals surface area contributed by atoms with Crippen LogP contribution < -0.4 is 5.32 Å². The molecule has 0 radical (unpaired) electrons. The SMILES string of the molecule is COCC1CCN(C(=O)N[C@@H](CC(=O)O)C(=O)O)C1. The molecule has 8 heteroatoms. The minimum atomic E-state index is -1.41. The molecule has 1 unspecified atom stereocenters. The number of carbonyl (C=O) groups excluding carboxylic acids is 1. The number of aliphatic carboxylic acids is 2. The fraction of sp³-hybridized carbons (Fsp3) is 0.727. The molecule has 0 aliphatic carbocycles. The van der Waals surface area contributed by atoms with E-state index >= 15 is 0 Å². The molecule has 0 aromatic carbocycles. The van der Waals surface area contributed by atoms with E-state index in [0.29, 0.717) is 19.7 Å². The highest BCUT2D eigenvalue weighted by Gasteiger charge is 2.30. The predicted octanol–water partition coefficient (Wildman–Crippen LogP) is -0.408. The lowest BCUT2D eigenvalue weighted by Crippen LogP contribution is -2.48. The summed E-state index contributed by atoms with van der Waals surface area (Å²) in [5.74, 6) is -2.40. The Kier molecular flexibility index (Phi) is 5.56. The second-order valence-corrected chi connectivity index (χ2v) is 4.49. The van der Waals surface area contributed by atoms with Crippen LogP contribution >= 0.6 is 0 Å². The van der Waals surface area contributed by atoms with Crippen LogP contribution in [-0.4, -0.2) is 65.9 Å². The van der Waals surface area contributed by atoms with Crippen molar-refractivity contribution in [3.8, 4) is 0 Å². The number of amides is 2. The fourth-order valence-corrected chi connectivity index (χ4v) is 2.00. The number of nitrogens with one attached hydrogen (secondary N) is 1. The Labute approximate surface area is 110 Å². The normalized spacial score (nSPS) is 20.1. The van der Waals surface area contributed by atoms with Crippen LogP contribution in [0.3, 0.4) is 0 Å². The third-order valence-corrected chi connectivity index (χ3v) is 2.95. The zero-order chi connectivity index (χ0) is 14.4. The Balaban J connectivity index is 2.49. The van der Waals surface area contributed by atoms with E-state index in [0.717, 1.165) is 6.42 Å². The standard InChI is InChI=1S/C11H18N2O6/c1-19-6-7-2-3-13(5-7)11(18)12-8(10(16)17)4-9(14)15/h7-8H,2-6H2,1H3,(H,12,18)(H,14,15)(H,16,17)/t7?,8-/m0/s1. The van der Waals surface area contributed by atoms with Gasteiger partial charge in [-0.15, -0.1) is 0 Å². The second kappa shape index (κ2) is 6.93. The smallest absolute Gasteiger partial charge is 0.326 e. The Bertz CT molecular complexity index is 359. The van der Waals surface area contributed by atoms with Gasteiger partial charge in [-0.3, -0.25) is 4.79 Å². The number of carboxylic acid groups (broad SMARTS) is 2. The van der Waals surface area contributed by atoms with Crippen molar-refractivity contribution in [2.45, 2.75) is 18.9 Å². The third kappa shape index (κ3) is 4.74. The number of methoxy groups -OCH3 is 1. The van der Waals surface area contributed by atoms with Gasteiger partial charge in [-0.05, 0) is 6.42 Å². The van der Waals surface area contributed by atoms with Crippen molar-refractivity contribution in [2.24, 2.45) is 5.92 Å². The van der Waals surface area contributed by atoms with Gasteiger partial charge in [-0.25, -0.2) is 9.59 Å². The molecular formula is C11H18N2O6. The van der Waals surface area contributed by atoms with Gasteiger partial charge in [0.15, 0.2) is 0 Å². The Morgan fingerprint density at radius 2 is 2.11 bits per heavy atom. The molecule has 1 saturated heterocycles. The average Bonchev–Trinajstić information content (AvgIpc) is 2.76. The topological polar surface area (TPSA) is 116 Å². The molecule has 0 spiro atoms. The lowest BCUT2D eigenvalue weighted by Gasteiger charge is -2.20. The number of carboxylic acids is 2. The quantitative estimate of drug-likeness (QED) is 0.606.